The maximum Gasteiger partial charge on any atom is 0.252 e. The van der Waals surface area contributed by atoms with E-state index in [2.05, 4.69) is 0 Å². The number of carbonyl (C=O) groups is 2. The van der Waals surface area contributed by atoms with Crippen LogP contribution in [-0.4, -0.2) is 35.1 Å². The summed E-state index contributed by atoms with van der Waals surface area (Å²) in [7, 11) is 1.64. The predicted octanol–water partition coefficient (Wildman–Crippen LogP) is 3.70. The molecule has 0 fully saturated rings. The molecule has 1 unspecified atom stereocenters. The lowest BCUT2D eigenvalue weighted by molar-refractivity contribution is -0.137. The summed E-state index contributed by atoms with van der Waals surface area (Å²) in [6, 6.07) is 13.7. The van der Waals surface area contributed by atoms with Crippen LogP contribution in [0.5, 0.6) is 0 Å². The molecule has 1 heterocycles. The number of carbonyl (C=O) groups excluding carboxylic acids is 2. The maximum atomic E-state index is 13.4. The summed E-state index contributed by atoms with van der Waals surface area (Å²) in [6.45, 7) is 4.30. The zero-order valence-electron chi connectivity index (χ0n) is 15.0. The minimum atomic E-state index is -1.24. The average Bonchev–Trinajstić information content (AvgIpc) is 2.62. The van der Waals surface area contributed by atoms with Crippen molar-refractivity contribution < 1.29 is 14.0 Å². The van der Waals surface area contributed by atoms with Crippen molar-refractivity contribution in [3.8, 4) is 0 Å². The summed E-state index contributed by atoms with van der Waals surface area (Å²) in [4.78, 5) is 30.3. The topological polar surface area (TPSA) is 40.6 Å². The van der Waals surface area contributed by atoms with E-state index < -0.39 is 4.75 Å². The summed E-state index contributed by atoms with van der Waals surface area (Å²) in [5, 5.41) is 0. The van der Waals surface area contributed by atoms with Crippen LogP contribution >= 0.6 is 11.8 Å². The van der Waals surface area contributed by atoms with Crippen molar-refractivity contribution in [1.29, 1.82) is 0 Å². The van der Waals surface area contributed by atoms with Gasteiger partial charge in [0.1, 0.15) is 5.82 Å². The highest BCUT2D eigenvalue weighted by Crippen LogP contribution is 2.46. The summed E-state index contributed by atoms with van der Waals surface area (Å²) in [6.07, 6.45) is 0. The molecular formula is C20H21FN2O2S. The van der Waals surface area contributed by atoms with E-state index >= 15 is 0 Å². The number of benzene rings is 2. The molecule has 0 saturated heterocycles. The van der Waals surface area contributed by atoms with E-state index in [0.29, 0.717) is 12.1 Å². The van der Waals surface area contributed by atoms with Gasteiger partial charge in [0.15, 0.2) is 4.75 Å². The Kier molecular flexibility index (Phi) is 5.05. The molecule has 26 heavy (non-hydrogen) atoms. The summed E-state index contributed by atoms with van der Waals surface area (Å²) in [5.41, 5.74) is 1.52. The lowest BCUT2D eigenvalue weighted by Gasteiger charge is -2.40. The minimum absolute atomic E-state index is 0.222. The molecule has 0 spiro atoms. The van der Waals surface area contributed by atoms with Gasteiger partial charge in [0, 0.05) is 25.0 Å². The van der Waals surface area contributed by atoms with Crippen molar-refractivity contribution in [3.63, 3.8) is 0 Å². The van der Waals surface area contributed by atoms with Crippen LogP contribution in [0, 0.1) is 5.82 Å². The van der Waals surface area contributed by atoms with Crippen molar-refractivity contribution in [2.75, 3.05) is 18.5 Å². The van der Waals surface area contributed by atoms with Crippen molar-refractivity contribution in [3.05, 3.63) is 59.9 Å². The fourth-order valence-electron chi connectivity index (χ4n) is 3.19. The number of rotatable bonds is 4. The van der Waals surface area contributed by atoms with Crippen LogP contribution in [0.15, 0.2) is 53.4 Å². The van der Waals surface area contributed by atoms with Crippen molar-refractivity contribution >= 4 is 29.3 Å². The first-order valence-corrected chi connectivity index (χ1v) is 9.28. The molecule has 3 rings (SSSR count). The first-order chi connectivity index (χ1) is 12.4. The SMILES string of the molecule is CCN1C(=O)C(C)(C(=O)N(C)Cc2cccc(F)c2)Sc2ccccc21. The molecule has 0 aromatic heterocycles. The molecule has 1 aliphatic heterocycles. The number of nitrogens with zero attached hydrogens (tertiary/aromatic N) is 2. The van der Waals surface area contributed by atoms with E-state index in [1.165, 1.54) is 28.8 Å². The van der Waals surface area contributed by atoms with Gasteiger partial charge in [0.25, 0.3) is 5.91 Å². The number of hydrogen-bond acceptors (Lipinski definition) is 3. The third-order valence-electron chi connectivity index (χ3n) is 4.50. The molecule has 4 nitrogen and oxygen atoms in total. The van der Waals surface area contributed by atoms with Gasteiger partial charge in [0.05, 0.1) is 5.69 Å². The number of para-hydroxylation sites is 1. The van der Waals surface area contributed by atoms with E-state index in [-0.39, 0.29) is 24.2 Å². The predicted molar refractivity (Wildman–Crippen MR) is 102 cm³/mol. The molecule has 0 radical (unpaired) electrons. The largest absolute Gasteiger partial charge is 0.340 e. The zero-order valence-corrected chi connectivity index (χ0v) is 15.8. The molecule has 2 amide bonds. The number of amides is 2. The van der Waals surface area contributed by atoms with Gasteiger partial charge < -0.3 is 9.80 Å². The molecule has 0 bridgehead atoms. The summed E-state index contributed by atoms with van der Waals surface area (Å²) >= 11 is 1.28. The second-order valence-electron chi connectivity index (χ2n) is 6.44. The molecule has 0 N–H and O–H groups in total. The van der Waals surface area contributed by atoms with Gasteiger partial charge in [0.2, 0.25) is 5.91 Å². The Morgan fingerprint density at radius 1 is 1.23 bits per heavy atom. The van der Waals surface area contributed by atoms with Crippen LogP contribution < -0.4 is 4.90 Å². The number of fused-ring (bicyclic) bond motifs is 1. The van der Waals surface area contributed by atoms with E-state index in [9.17, 15) is 14.0 Å². The Labute approximate surface area is 157 Å². The Balaban J connectivity index is 1.89. The zero-order chi connectivity index (χ0) is 18.9. The van der Waals surface area contributed by atoms with Crippen molar-refractivity contribution in [2.24, 2.45) is 0 Å². The molecule has 2 aromatic rings. The van der Waals surface area contributed by atoms with E-state index in [4.69, 9.17) is 0 Å². The first-order valence-electron chi connectivity index (χ1n) is 8.47. The van der Waals surface area contributed by atoms with Crippen molar-refractivity contribution in [2.45, 2.75) is 30.0 Å². The molecule has 2 aromatic carbocycles. The lowest BCUT2D eigenvalue weighted by atomic mass is 10.1. The van der Waals surface area contributed by atoms with Gasteiger partial charge in [-0.1, -0.05) is 36.0 Å². The van der Waals surface area contributed by atoms with Crippen LogP contribution in [0.2, 0.25) is 0 Å². The third kappa shape index (κ3) is 3.21. The van der Waals surface area contributed by atoms with E-state index in [1.54, 1.807) is 31.0 Å². The van der Waals surface area contributed by atoms with Crippen LogP contribution in [0.25, 0.3) is 0 Å². The van der Waals surface area contributed by atoms with Gasteiger partial charge in [-0.15, -0.1) is 0 Å². The second kappa shape index (κ2) is 7.11. The van der Waals surface area contributed by atoms with Gasteiger partial charge in [-0.25, -0.2) is 4.39 Å². The maximum absolute atomic E-state index is 13.4. The Morgan fingerprint density at radius 2 is 1.96 bits per heavy atom. The molecule has 1 aliphatic rings. The molecular weight excluding hydrogens is 351 g/mol. The molecule has 1 atom stereocenters. The smallest absolute Gasteiger partial charge is 0.252 e. The van der Waals surface area contributed by atoms with Gasteiger partial charge in [-0.05, 0) is 43.7 Å². The van der Waals surface area contributed by atoms with Crippen LogP contribution in [0.4, 0.5) is 10.1 Å². The highest BCUT2D eigenvalue weighted by molar-refractivity contribution is 8.02. The van der Waals surface area contributed by atoms with Crippen LogP contribution in [0.1, 0.15) is 19.4 Å². The van der Waals surface area contributed by atoms with Crippen LogP contribution in [0.3, 0.4) is 0 Å². The highest BCUT2D eigenvalue weighted by atomic mass is 32.2. The number of anilines is 1. The number of thioether (sulfide) groups is 1. The molecule has 0 saturated carbocycles. The summed E-state index contributed by atoms with van der Waals surface area (Å²) < 4.78 is 12.2. The number of halogens is 1. The molecule has 6 heteroatoms. The molecule has 0 aliphatic carbocycles. The lowest BCUT2D eigenvalue weighted by Crippen LogP contribution is -2.56. The highest BCUT2D eigenvalue weighted by Gasteiger charge is 2.50. The van der Waals surface area contributed by atoms with E-state index in [0.717, 1.165) is 10.6 Å². The normalized spacial score (nSPS) is 19.2. The van der Waals surface area contributed by atoms with E-state index in [1.807, 2.05) is 31.2 Å². The molecule has 136 valence electrons. The summed E-state index contributed by atoms with van der Waals surface area (Å²) in [5.74, 6) is -0.853. The Hall–Kier alpha value is -2.34. The fourth-order valence-corrected chi connectivity index (χ4v) is 4.50. The van der Waals surface area contributed by atoms with Gasteiger partial charge in [-0.3, -0.25) is 9.59 Å². The second-order valence-corrected chi connectivity index (χ2v) is 7.90. The average molecular weight is 372 g/mol. The van der Waals surface area contributed by atoms with Gasteiger partial charge >= 0.3 is 0 Å². The fraction of sp³-hybridized carbons (Fsp3) is 0.300. The Morgan fingerprint density at radius 3 is 2.65 bits per heavy atom. The van der Waals surface area contributed by atoms with Crippen LogP contribution in [-0.2, 0) is 16.1 Å². The standard InChI is InChI=1S/C20H21FN2O2S/c1-4-23-16-10-5-6-11-17(16)26-20(2,19(23)25)18(24)22(3)13-14-8-7-9-15(21)12-14/h5-12H,4,13H2,1-3H3. The minimum Gasteiger partial charge on any atom is -0.340 e. The first kappa shape index (κ1) is 18.5. The van der Waals surface area contributed by atoms with Gasteiger partial charge in [-0.2, -0.15) is 0 Å². The monoisotopic (exact) mass is 372 g/mol. The quantitative estimate of drug-likeness (QED) is 0.769. The Bertz CT molecular complexity index is 857. The third-order valence-corrected chi connectivity index (χ3v) is 5.83. The van der Waals surface area contributed by atoms with Crippen molar-refractivity contribution in [1.82, 2.24) is 4.90 Å². The number of hydrogen-bond donors (Lipinski definition) is 0.